The molecule has 2 unspecified atom stereocenters. The minimum absolute atomic E-state index is 0.00788. The molecule has 36 heteroatoms. The van der Waals surface area contributed by atoms with Gasteiger partial charge in [0.25, 0.3) is 0 Å². The molecule has 0 aromatic heterocycles. The predicted molar refractivity (Wildman–Crippen MR) is 461 cm³/mol. The Bertz CT molecular complexity index is 3340. The van der Waals surface area contributed by atoms with E-state index in [-0.39, 0.29) is 63.3 Å². The van der Waals surface area contributed by atoms with E-state index in [1.807, 2.05) is 39.8 Å². The minimum Gasteiger partial charge on any atom is -0.462 e. The van der Waals surface area contributed by atoms with Crippen LogP contribution in [0.5, 0.6) is 0 Å². The first-order valence-corrected chi connectivity index (χ1v) is 45.3. The van der Waals surface area contributed by atoms with Gasteiger partial charge in [-0.15, -0.1) is 0 Å². The van der Waals surface area contributed by atoms with E-state index < -0.39 is 280 Å². The number of allylic oxidation sites excluding steroid dienone is 6. The van der Waals surface area contributed by atoms with Crippen molar-refractivity contribution in [2.75, 3.05) is 69.8 Å². The standard InChI is InChI=1S/2C46H77NO17/c2*1-13-33-30(22-58-45-42(57-12)41(56-11)37(52)26(5)60-45)18-23(2)14-15-31(49)24(3)19-29(16-17-48)39(25(4)32(50)20-34(51)62-33)64-44-38(53)36(47(9)10)40(27(6)61-44)63-35-21-46(8,55)43(54)28(7)59-35/h2*14-15,17-18,24-30,32-33,35-45,50,52-55H,13,16,19-22H2,1-12H3/b2*15-14+,23-18+/t2*24-,25+,26-,27-,28+,29+,30?,32-,33-,35+,36-,37-,38-,39-,40-,41-,42-,43+,44+,45-,46-/m11/s1. The fourth-order valence-corrected chi connectivity index (χ4v) is 19.0. The lowest BCUT2D eigenvalue weighted by Gasteiger charge is -2.50. The maximum absolute atomic E-state index is 13.8. The van der Waals surface area contributed by atoms with Gasteiger partial charge in [-0.05, 0) is 147 Å². The number of hydrogen-bond donors (Lipinski definition) is 10. The van der Waals surface area contributed by atoms with Gasteiger partial charge < -0.3 is 156 Å². The summed E-state index contributed by atoms with van der Waals surface area (Å²) in [5, 5.41) is 112. The molecule has 6 fully saturated rings. The lowest BCUT2D eigenvalue weighted by atomic mass is 9.79. The number of ketones is 2. The normalized spacial score (nSPS) is 45.9. The van der Waals surface area contributed by atoms with Gasteiger partial charge in [-0.1, -0.05) is 77.0 Å². The summed E-state index contributed by atoms with van der Waals surface area (Å²) in [5.41, 5.74) is -1.61. The number of hydrogen-bond acceptors (Lipinski definition) is 36. The lowest BCUT2D eigenvalue weighted by molar-refractivity contribution is -0.342. The van der Waals surface area contributed by atoms with Crippen LogP contribution in [0.1, 0.15) is 175 Å². The molecule has 0 aliphatic carbocycles. The van der Waals surface area contributed by atoms with Crippen LogP contribution in [0.2, 0.25) is 0 Å². The van der Waals surface area contributed by atoms with Gasteiger partial charge >= 0.3 is 11.9 Å². The van der Waals surface area contributed by atoms with E-state index in [0.717, 1.165) is 12.6 Å². The molecule has 0 aromatic rings. The van der Waals surface area contributed by atoms with Crippen molar-refractivity contribution >= 4 is 36.1 Å². The van der Waals surface area contributed by atoms with Gasteiger partial charge in [0.05, 0.1) is 110 Å². The highest BCUT2D eigenvalue weighted by Crippen LogP contribution is 2.42. The van der Waals surface area contributed by atoms with E-state index in [9.17, 15) is 79.8 Å². The number of esters is 2. The Hall–Kier alpha value is -4.54. The number of methoxy groups -OCH3 is 4. The predicted octanol–water partition coefficient (Wildman–Crippen LogP) is 3.67. The summed E-state index contributed by atoms with van der Waals surface area (Å²) in [4.78, 5) is 83.1. The van der Waals surface area contributed by atoms with Gasteiger partial charge in [-0.3, -0.25) is 19.2 Å². The van der Waals surface area contributed by atoms with E-state index in [1.54, 1.807) is 119 Å². The van der Waals surface area contributed by atoms with Crippen LogP contribution in [-0.2, 0) is 114 Å². The van der Waals surface area contributed by atoms with Gasteiger partial charge in [0.1, 0.15) is 98.0 Å². The van der Waals surface area contributed by atoms with Crippen LogP contribution >= 0.6 is 0 Å². The summed E-state index contributed by atoms with van der Waals surface area (Å²) in [5.74, 6) is -7.18. The molecule has 0 bridgehead atoms. The van der Waals surface area contributed by atoms with Crippen LogP contribution in [0.15, 0.2) is 47.6 Å². The Balaban J connectivity index is 0.000000351. The molecule has 0 spiro atoms. The minimum atomic E-state index is -1.49. The number of aliphatic hydroxyl groups is 10. The Morgan fingerprint density at radius 1 is 0.430 bits per heavy atom. The number of aliphatic hydroxyl groups excluding tert-OH is 8. The lowest BCUT2D eigenvalue weighted by Crippen LogP contribution is -2.65. The average Bonchev–Trinajstić information content (AvgIpc) is 0.778. The van der Waals surface area contributed by atoms with Crippen LogP contribution in [0.3, 0.4) is 0 Å². The number of cyclic esters (lactones) is 2. The monoisotopic (exact) mass is 1830 g/mol. The summed E-state index contributed by atoms with van der Waals surface area (Å²) >= 11 is 0. The smallest absolute Gasteiger partial charge is 0.308 e. The van der Waals surface area contributed by atoms with Gasteiger partial charge in [0.15, 0.2) is 49.3 Å². The van der Waals surface area contributed by atoms with E-state index in [2.05, 4.69) is 0 Å². The van der Waals surface area contributed by atoms with Crippen molar-refractivity contribution in [2.45, 2.75) is 383 Å². The molecule has 8 heterocycles. The molecule has 128 heavy (non-hydrogen) atoms. The molecule has 8 rings (SSSR count). The molecule has 36 nitrogen and oxygen atoms in total. The maximum atomic E-state index is 13.8. The van der Waals surface area contributed by atoms with Crippen molar-refractivity contribution in [1.29, 1.82) is 0 Å². The first-order valence-electron chi connectivity index (χ1n) is 45.3. The van der Waals surface area contributed by atoms with Gasteiger partial charge in [-0.2, -0.15) is 0 Å². The fourth-order valence-electron chi connectivity index (χ4n) is 19.0. The highest BCUT2D eigenvalue weighted by Gasteiger charge is 2.56. The molecule has 8 aliphatic heterocycles. The number of rotatable bonds is 26. The second kappa shape index (κ2) is 50.3. The number of ether oxygens (including phenoxy) is 18. The number of likely N-dealkylation sites (N-methyl/N-ethyl adjacent to an activating group) is 2. The van der Waals surface area contributed by atoms with Crippen molar-refractivity contribution in [1.82, 2.24) is 9.80 Å². The van der Waals surface area contributed by atoms with Crippen molar-refractivity contribution in [2.24, 2.45) is 47.3 Å². The van der Waals surface area contributed by atoms with Crippen molar-refractivity contribution in [3.8, 4) is 0 Å². The molecular weight excluding hydrogens is 1680 g/mol. The summed E-state index contributed by atoms with van der Waals surface area (Å²) in [6, 6.07) is -1.50. The second-order valence-electron chi connectivity index (χ2n) is 37.5. The Labute approximate surface area is 755 Å². The molecule has 0 saturated carbocycles. The van der Waals surface area contributed by atoms with Crippen molar-refractivity contribution < 1.29 is 165 Å². The first kappa shape index (κ1) is 110. The van der Waals surface area contributed by atoms with Crippen molar-refractivity contribution in [3.05, 3.63) is 47.6 Å². The van der Waals surface area contributed by atoms with E-state index in [4.69, 9.17) is 85.3 Å². The highest BCUT2D eigenvalue weighted by molar-refractivity contribution is 5.92. The summed E-state index contributed by atoms with van der Waals surface area (Å²) < 4.78 is 109. The quantitative estimate of drug-likeness (QED) is 0.0436. The number of nitrogens with zero attached hydrogens (tertiary/aromatic N) is 2. The molecule has 42 atom stereocenters. The number of carbonyl (C=O) groups excluding carboxylic acids is 6. The van der Waals surface area contributed by atoms with Crippen LogP contribution < -0.4 is 0 Å². The average molecular weight is 1830 g/mol. The zero-order valence-electron chi connectivity index (χ0n) is 79.4. The SMILES string of the molecule is CC[C@H]1OC(=O)C[C@@H](O)[C@H](C)[C@@H](O[C@@H]2O[C@H](C)[C@@H](O[C@H]3C[C@@](C)(O)[C@@H](O)[C@H](C)O3)[C@H](N(C)C)[C@H]2O)[C@@H](CC=O)C[C@@H](C)C(=O)/C=C/C(C)=C/C1CO[C@@H]1O[C@H](C)[C@@H](O)[C@@H](OC)[C@H]1OC.CC[C@H]1OC(=O)C[C@@H](O)[C@H](C)[C@@H](O[C@@H]2O[C@H](C)[C@@H](O[C@H]3C[C@@](C)(O)[C@@H](O)[C@H](C)O3)[C@H](N(C)C)[C@H]2O)[C@@H](CC=O)C[C@@H](C)C(=O)/C=C/C(C)=C/C1CO[C@@H]1O[C@H](C)[C@@H](O)[C@@H](OC)[C@H]1OC. The topological polar surface area (TPSA) is 477 Å². The maximum Gasteiger partial charge on any atom is 0.308 e. The van der Waals surface area contributed by atoms with Crippen LogP contribution in [0, 0.1) is 47.3 Å². The zero-order valence-corrected chi connectivity index (χ0v) is 79.4. The molecule has 10 N–H and O–H groups in total. The second-order valence-corrected chi connectivity index (χ2v) is 37.5. The van der Waals surface area contributed by atoms with Gasteiger partial charge in [0, 0.05) is 89.6 Å². The third-order valence-corrected chi connectivity index (χ3v) is 26.8. The van der Waals surface area contributed by atoms with E-state index >= 15 is 0 Å². The molecular formula is C92H154N2O34. The van der Waals surface area contributed by atoms with Gasteiger partial charge in [0.2, 0.25) is 0 Å². The van der Waals surface area contributed by atoms with Crippen LogP contribution in [-0.4, -0.2) is 374 Å². The Kier molecular flexibility index (Phi) is 43.4. The third-order valence-electron chi connectivity index (χ3n) is 26.8. The molecule has 736 valence electrons. The van der Waals surface area contributed by atoms with E-state index in [1.165, 1.54) is 54.4 Å². The molecule has 0 radical (unpaired) electrons. The van der Waals surface area contributed by atoms with Gasteiger partial charge in [-0.25, -0.2) is 0 Å². The number of aldehydes is 2. The summed E-state index contributed by atoms with van der Waals surface area (Å²) in [6.45, 7) is 27.3. The first-order chi connectivity index (χ1) is 60.2. The fraction of sp³-hybridized carbons (Fsp3) is 0.848. The van der Waals surface area contributed by atoms with Crippen LogP contribution in [0.4, 0.5) is 0 Å². The highest BCUT2D eigenvalue weighted by atomic mass is 16.8. The van der Waals surface area contributed by atoms with Crippen molar-refractivity contribution in [3.63, 3.8) is 0 Å². The van der Waals surface area contributed by atoms with E-state index in [0.29, 0.717) is 24.0 Å². The zero-order chi connectivity index (χ0) is 95.6. The summed E-state index contributed by atoms with van der Waals surface area (Å²) in [7, 11) is 12.9. The molecule has 8 aliphatic rings. The Morgan fingerprint density at radius 2 is 0.758 bits per heavy atom. The molecule has 6 saturated heterocycles. The summed E-state index contributed by atoms with van der Waals surface area (Å²) in [6.07, 6.45) is -17.0. The Morgan fingerprint density at radius 3 is 1.05 bits per heavy atom. The molecule has 0 aromatic carbocycles. The third kappa shape index (κ3) is 28.8. The largest absolute Gasteiger partial charge is 0.462 e. The van der Waals surface area contributed by atoms with Crippen LogP contribution in [0.25, 0.3) is 0 Å². The molecule has 0 amide bonds. The number of carbonyl (C=O) groups is 6.